The SMILES string of the molecule is CC[C@H](Nc1cc(NC2CC2)n2ncc(/C=C3\CC(=O)NC3=O)c2n1)c1ccccc1. The molecule has 31 heavy (non-hydrogen) atoms. The molecule has 158 valence electrons. The highest BCUT2D eigenvalue weighted by molar-refractivity contribution is 6.15. The second-order valence-electron chi connectivity index (χ2n) is 8.02. The molecule has 1 atom stereocenters. The molecular weight excluding hydrogens is 392 g/mol. The number of benzene rings is 1. The van der Waals surface area contributed by atoms with Crippen LogP contribution in [0.2, 0.25) is 0 Å². The number of nitrogens with one attached hydrogen (secondary N) is 3. The molecule has 1 saturated carbocycles. The van der Waals surface area contributed by atoms with Crippen LogP contribution < -0.4 is 16.0 Å². The second-order valence-corrected chi connectivity index (χ2v) is 8.02. The standard InChI is InChI=1S/C23H24N6O2/c1-2-18(14-6-4-3-5-7-14)26-19-12-20(25-17-8-9-17)29-22(27-19)16(13-24-29)10-15-11-21(30)28-23(15)31/h3-7,10,12-13,17-18,25H,2,8-9,11H2,1H3,(H,26,27)(H,28,30,31)/b15-10+/t18-/m0/s1. The summed E-state index contributed by atoms with van der Waals surface area (Å²) in [6.07, 6.45) is 6.63. The molecule has 3 aromatic rings. The summed E-state index contributed by atoms with van der Waals surface area (Å²) in [5.74, 6) is 0.950. The lowest BCUT2D eigenvalue weighted by atomic mass is 10.0. The highest BCUT2D eigenvalue weighted by Gasteiger charge is 2.26. The first-order valence-electron chi connectivity index (χ1n) is 10.6. The molecule has 1 aliphatic heterocycles. The topological polar surface area (TPSA) is 100 Å². The third-order valence-electron chi connectivity index (χ3n) is 5.59. The van der Waals surface area contributed by atoms with Crippen molar-refractivity contribution in [3.8, 4) is 0 Å². The molecule has 0 radical (unpaired) electrons. The Morgan fingerprint density at radius 2 is 2.06 bits per heavy atom. The van der Waals surface area contributed by atoms with Crippen molar-refractivity contribution in [2.75, 3.05) is 10.6 Å². The molecule has 1 saturated heterocycles. The molecule has 8 nitrogen and oxygen atoms in total. The molecule has 2 aromatic heterocycles. The van der Waals surface area contributed by atoms with Crippen LogP contribution in [0.4, 0.5) is 11.6 Å². The number of rotatable bonds is 7. The van der Waals surface area contributed by atoms with Gasteiger partial charge in [-0.1, -0.05) is 37.3 Å². The van der Waals surface area contributed by atoms with Gasteiger partial charge in [-0.25, -0.2) is 4.98 Å². The van der Waals surface area contributed by atoms with Crippen molar-refractivity contribution in [1.29, 1.82) is 0 Å². The Labute approximate surface area is 179 Å². The van der Waals surface area contributed by atoms with Gasteiger partial charge in [0, 0.05) is 23.2 Å². The Hall–Kier alpha value is -3.68. The number of hydrogen-bond donors (Lipinski definition) is 3. The van der Waals surface area contributed by atoms with Gasteiger partial charge < -0.3 is 10.6 Å². The maximum Gasteiger partial charge on any atom is 0.254 e. The molecule has 1 aliphatic carbocycles. The quantitative estimate of drug-likeness (QED) is 0.404. The van der Waals surface area contributed by atoms with E-state index in [0.29, 0.717) is 22.8 Å². The van der Waals surface area contributed by atoms with Gasteiger partial charge in [-0.05, 0) is 30.9 Å². The van der Waals surface area contributed by atoms with Crippen molar-refractivity contribution in [1.82, 2.24) is 19.9 Å². The average Bonchev–Trinajstić information content (AvgIpc) is 3.41. The first-order chi connectivity index (χ1) is 15.1. The summed E-state index contributed by atoms with van der Waals surface area (Å²) < 4.78 is 1.76. The van der Waals surface area contributed by atoms with E-state index in [1.165, 1.54) is 5.56 Å². The van der Waals surface area contributed by atoms with Crippen LogP contribution in [0.3, 0.4) is 0 Å². The van der Waals surface area contributed by atoms with Crippen molar-refractivity contribution < 1.29 is 9.59 Å². The van der Waals surface area contributed by atoms with E-state index in [2.05, 4.69) is 40.1 Å². The van der Waals surface area contributed by atoms with E-state index in [1.807, 2.05) is 24.3 Å². The number of carbonyl (C=O) groups is 2. The third-order valence-corrected chi connectivity index (χ3v) is 5.59. The molecule has 3 N–H and O–H groups in total. The number of fused-ring (bicyclic) bond motifs is 1. The molecule has 0 bridgehead atoms. The minimum atomic E-state index is -0.356. The van der Waals surface area contributed by atoms with E-state index in [9.17, 15) is 9.59 Å². The van der Waals surface area contributed by atoms with E-state index in [-0.39, 0.29) is 24.3 Å². The Morgan fingerprint density at radius 1 is 1.26 bits per heavy atom. The van der Waals surface area contributed by atoms with Crippen LogP contribution in [0.1, 0.15) is 49.8 Å². The Morgan fingerprint density at radius 3 is 2.74 bits per heavy atom. The highest BCUT2D eigenvalue weighted by Crippen LogP contribution is 2.29. The molecule has 3 heterocycles. The predicted octanol–water partition coefficient (Wildman–Crippen LogP) is 3.30. The number of carbonyl (C=O) groups excluding carboxylic acids is 2. The van der Waals surface area contributed by atoms with E-state index in [0.717, 1.165) is 30.9 Å². The average molecular weight is 416 g/mol. The monoisotopic (exact) mass is 416 g/mol. The van der Waals surface area contributed by atoms with Crippen molar-refractivity contribution in [2.24, 2.45) is 0 Å². The minimum Gasteiger partial charge on any atom is -0.367 e. The third kappa shape index (κ3) is 4.01. The number of hydrogen-bond acceptors (Lipinski definition) is 6. The van der Waals surface area contributed by atoms with E-state index in [4.69, 9.17) is 4.98 Å². The summed E-state index contributed by atoms with van der Waals surface area (Å²) in [7, 11) is 0. The van der Waals surface area contributed by atoms with Crippen LogP contribution in [0.15, 0.2) is 48.2 Å². The van der Waals surface area contributed by atoms with Crippen molar-refractivity contribution in [2.45, 2.75) is 44.7 Å². The van der Waals surface area contributed by atoms with Crippen molar-refractivity contribution in [3.63, 3.8) is 0 Å². The molecule has 2 amide bonds. The van der Waals surface area contributed by atoms with E-state index < -0.39 is 0 Å². The summed E-state index contributed by atoms with van der Waals surface area (Å²) in [5, 5.41) is 13.9. The Bertz CT molecular complexity index is 1180. The summed E-state index contributed by atoms with van der Waals surface area (Å²) in [5.41, 5.74) is 2.96. The number of aromatic nitrogens is 3. The van der Waals surface area contributed by atoms with Gasteiger partial charge in [-0.15, -0.1) is 0 Å². The zero-order chi connectivity index (χ0) is 21.4. The fourth-order valence-corrected chi connectivity index (χ4v) is 3.79. The van der Waals surface area contributed by atoms with Gasteiger partial charge in [0.25, 0.3) is 5.91 Å². The smallest absolute Gasteiger partial charge is 0.254 e. The summed E-state index contributed by atoms with van der Waals surface area (Å²) in [6.45, 7) is 2.14. The summed E-state index contributed by atoms with van der Waals surface area (Å²) >= 11 is 0. The lowest BCUT2D eigenvalue weighted by Gasteiger charge is -2.19. The number of nitrogens with zero attached hydrogens (tertiary/aromatic N) is 3. The summed E-state index contributed by atoms with van der Waals surface area (Å²) in [6, 6.07) is 12.8. The molecule has 2 aliphatic rings. The molecule has 1 aromatic carbocycles. The zero-order valence-electron chi connectivity index (χ0n) is 17.3. The second kappa shape index (κ2) is 7.86. The lowest BCUT2D eigenvalue weighted by molar-refractivity contribution is -0.124. The molecule has 0 spiro atoms. The molecule has 2 fully saturated rings. The van der Waals surface area contributed by atoms with Crippen molar-refractivity contribution in [3.05, 3.63) is 59.3 Å². The van der Waals surface area contributed by atoms with Crippen LogP contribution in [-0.4, -0.2) is 32.5 Å². The van der Waals surface area contributed by atoms with Crippen LogP contribution in [0, 0.1) is 0 Å². The predicted molar refractivity (Wildman–Crippen MR) is 118 cm³/mol. The van der Waals surface area contributed by atoms with Crippen LogP contribution in [0.5, 0.6) is 0 Å². The maximum absolute atomic E-state index is 12.0. The first-order valence-corrected chi connectivity index (χ1v) is 10.6. The van der Waals surface area contributed by atoms with Crippen molar-refractivity contribution >= 4 is 35.2 Å². The first kappa shape index (κ1) is 19.3. The molecule has 0 unspecified atom stereocenters. The van der Waals surface area contributed by atoms with Gasteiger partial charge in [0.05, 0.1) is 18.7 Å². The molecular formula is C23H24N6O2. The fraction of sp³-hybridized carbons (Fsp3) is 0.304. The number of imide groups is 1. The fourth-order valence-electron chi connectivity index (χ4n) is 3.79. The van der Waals surface area contributed by atoms with Gasteiger partial charge >= 0.3 is 0 Å². The number of anilines is 2. The van der Waals surface area contributed by atoms with Gasteiger partial charge in [-0.2, -0.15) is 9.61 Å². The normalized spacial score (nSPS) is 18.4. The molecule has 8 heteroatoms. The summed E-state index contributed by atoms with van der Waals surface area (Å²) in [4.78, 5) is 28.4. The Kier molecular flexibility index (Phi) is 4.89. The van der Waals surface area contributed by atoms with Gasteiger partial charge in [-0.3, -0.25) is 14.9 Å². The van der Waals surface area contributed by atoms with Gasteiger partial charge in [0.1, 0.15) is 11.6 Å². The Balaban J connectivity index is 1.54. The van der Waals surface area contributed by atoms with E-state index >= 15 is 0 Å². The van der Waals surface area contributed by atoms with Crippen LogP contribution in [0.25, 0.3) is 11.7 Å². The van der Waals surface area contributed by atoms with Crippen LogP contribution in [-0.2, 0) is 9.59 Å². The number of amides is 2. The zero-order valence-corrected chi connectivity index (χ0v) is 17.3. The van der Waals surface area contributed by atoms with E-state index in [1.54, 1.807) is 16.8 Å². The highest BCUT2D eigenvalue weighted by atomic mass is 16.2. The largest absolute Gasteiger partial charge is 0.367 e. The molecule has 5 rings (SSSR count). The lowest BCUT2D eigenvalue weighted by Crippen LogP contribution is -2.19. The van der Waals surface area contributed by atoms with Gasteiger partial charge in [0.15, 0.2) is 5.65 Å². The maximum atomic E-state index is 12.0. The van der Waals surface area contributed by atoms with Gasteiger partial charge in [0.2, 0.25) is 5.91 Å². The minimum absolute atomic E-state index is 0.0766. The van der Waals surface area contributed by atoms with Crippen LogP contribution >= 0.6 is 0 Å².